The number of unbranched alkanes of at least 4 members (excludes halogenated alkanes) is 6. The normalized spacial score (nSPS) is 12.7. The topological polar surface area (TPSA) is 18.5 Å². The van der Waals surface area contributed by atoms with Crippen LogP contribution in [0.1, 0.15) is 89.9 Å². The van der Waals surface area contributed by atoms with Gasteiger partial charge in [-0.05, 0) is 36.1 Å². The van der Waals surface area contributed by atoms with Crippen molar-refractivity contribution in [2.24, 2.45) is 5.41 Å². The SMILES string of the molecule is CCCCCCCCC#CCOCc1ccc(C(O[SiH](C)C)C(C)(C)C)cc1. The molecule has 0 aliphatic heterocycles. The van der Waals surface area contributed by atoms with Crippen LogP contribution in [-0.4, -0.2) is 15.6 Å². The van der Waals surface area contributed by atoms with Gasteiger partial charge in [0.05, 0.1) is 12.7 Å². The van der Waals surface area contributed by atoms with Gasteiger partial charge < -0.3 is 9.16 Å². The minimum Gasteiger partial charge on any atom is -0.413 e. The van der Waals surface area contributed by atoms with E-state index in [0.29, 0.717) is 13.2 Å². The van der Waals surface area contributed by atoms with Crippen molar-refractivity contribution in [1.82, 2.24) is 0 Å². The molecule has 0 heterocycles. The summed E-state index contributed by atoms with van der Waals surface area (Å²) >= 11 is 0. The molecule has 1 atom stereocenters. The molecule has 1 aromatic carbocycles. The number of ether oxygens (including phenoxy) is 1. The molecule has 0 spiro atoms. The van der Waals surface area contributed by atoms with Crippen molar-refractivity contribution in [3.05, 3.63) is 35.4 Å². The van der Waals surface area contributed by atoms with E-state index in [4.69, 9.17) is 9.16 Å². The highest BCUT2D eigenvalue weighted by atomic mass is 28.3. The maximum atomic E-state index is 6.30. The molecule has 1 unspecified atom stereocenters. The van der Waals surface area contributed by atoms with Crippen molar-refractivity contribution >= 4 is 9.04 Å². The lowest BCUT2D eigenvalue weighted by atomic mass is 9.84. The third-order valence-electron chi connectivity index (χ3n) is 4.70. The first-order chi connectivity index (χ1) is 13.3. The van der Waals surface area contributed by atoms with Crippen molar-refractivity contribution in [3.8, 4) is 11.8 Å². The van der Waals surface area contributed by atoms with Gasteiger partial charge in [-0.15, -0.1) is 5.92 Å². The maximum absolute atomic E-state index is 6.30. The van der Waals surface area contributed by atoms with Crippen LogP contribution in [0.25, 0.3) is 0 Å². The monoisotopic (exact) mass is 402 g/mol. The fourth-order valence-corrected chi connectivity index (χ4v) is 4.31. The van der Waals surface area contributed by atoms with Crippen LogP contribution in [0.5, 0.6) is 0 Å². The summed E-state index contributed by atoms with van der Waals surface area (Å²) in [5.74, 6) is 6.37. The van der Waals surface area contributed by atoms with Gasteiger partial charge in [0, 0.05) is 6.42 Å². The lowest BCUT2D eigenvalue weighted by Crippen LogP contribution is -2.25. The van der Waals surface area contributed by atoms with Gasteiger partial charge >= 0.3 is 0 Å². The van der Waals surface area contributed by atoms with Gasteiger partial charge in [-0.25, -0.2) is 0 Å². The molecule has 28 heavy (non-hydrogen) atoms. The second-order valence-electron chi connectivity index (χ2n) is 9.04. The Hall–Kier alpha value is -1.08. The molecular weight excluding hydrogens is 360 g/mol. The Balaban J connectivity index is 2.33. The van der Waals surface area contributed by atoms with Crippen LogP contribution in [0.4, 0.5) is 0 Å². The van der Waals surface area contributed by atoms with E-state index in [1.807, 2.05) is 0 Å². The summed E-state index contributed by atoms with van der Waals surface area (Å²) in [5, 5.41) is 0. The van der Waals surface area contributed by atoms with E-state index < -0.39 is 9.04 Å². The van der Waals surface area contributed by atoms with Gasteiger partial charge in [0.2, 0.25) is 0 Å². The van der Waals surface area contributed by atoms with Crippen LogP contribution in [0.15, 0.2) is 24.3 Å². The van der Waals surface area contributed by atoms with E-state index in [0.717, 1.165) is 6.42 Å². The Morgan fingerprint density at radius 1 is 0.929 bits per heavy atom. The summed E-state index contributed by atoms with van der Waals surface area (Å²) in [6.07, 6.45) is 9.07. The Morgan fingerprint density at radius 3 is 2.18 bits per heavy atom. The fourth-order valence-electron chi connectivity index (χ4n) is 3.20. The zero-order valence-electron chi connectivity index (χ0n) is 19.1. The van der Waals surface area contributed by atoms with Crippen molar-refractivity contribution in [3.63, 3.8) is 0 Å². The number of benzene rings is 1. The molecule has 0 fully saturated rings. The molecule has 0 aromatic heterocycles. The summed E-state index contributed by atoms with van der Waals surface area (Å²) in [6, 6.07) is 8.69. The van der Waals surface area contributed by atoms with Crippen molar-refractivity contribution < 1.29 is 9.16 Å². The number of hydrogen-bond donors (Lipinski definition) is 0. The molecule has 3 heteroatoms. The molecule has 0 radical (unpaired) electrons. The first kappa shape index (κ1) is 25.0. The van der Waals surface area contributed by atoms with Gasteiger partial charge in [-0.2, -0.15) is 0 Å². The van der Waals surface area contributed by atoms with Crippen molar-refractivity contribution in [1.29, 1.82) is 0 Å². The molecule has 0 amide bonds. The van der Waals surface area contributed by atoms with Gasteiger partial charge in [0.1, 0.15) is 6.61 Å². The molecule has 0 saturated carbocycles. The van der Waals surface area contributed by atoms with E-state index in [9.17, 15) is 0 Å². The second-order valence-corrected chi connectivity index (χ2v) is 11.4. The molecule has 0 N–H and O–H groups in total. The Morgan fingerprint density at radius 2 is 1.57 bits per heavy atom. The van der Waals surface area contributed by atoms with Crippen LogP contribution in [0, 0.1) is 17.3 Å². The standard InChI is InChI=1S/C25H42O2Si/c1-7-8-9-10-11-12-13-14-15-20-26-21-22-16-18-23(19-17-22)24(25(2,3)4)27-28(5)6/h16-19,24,28H,7-13,20-21H2,1-6H3. The van der Waals surface area contributed by atoms with Crippen LogP contribution >= 0.6 is 0 Å². The summed E-state index contributed by atoms with van der Waals surface area (Å²) in [4.78, 5) is 0. The van der Waals surface area contributed by atoms with E-state index in [1.165, 1.54) is 49.7 Å². The molecule has 2 nitrogen and oxygen atoms in total. The van der Waals surface area contributed by atoms with E-state index in [2.05, 4.69) is 76.9 Å². The highest BCUT2D eigenvalue weighted by molar-refractivity contribution is 6.48. The molecule has 0 saturated heterocycles. The second kappa shape index (κ2) is 14.0. The smallest absolute Gasteiger partial charge is 0.171 e. The fraction of sp³-hybridized carbons (Fsp3) is 0.680. The minimum atomic E-state index is -1.09. The van der Waals surface area contributed by atoms with Crippen molar-refractivity contribution in [2.75, 3.05) is 6.61 Å². The molecule has 1 aromatic rings. The molecule has 1 rings (SSSR count). The zero-order valence-corrected chi connectivity index (χ0v) is 20.3. The summed E-state index contributed by atoms with van der Waals surface area (Å²) in [7, 11) is -1.09. The predicted octanol–water partition coefficient (Wildman–Crippen LogP) is 7.04. The average Bonchev–Trinajstić information content (AvgIpc) is 2.64. The first-order valence-corrected chi connectivity index (χ1v) is 13.9. The summed E-state index contributed by atoms with van der Waals surface area (Å²) in [5.41, 5.74) is 2.55. The molecular formula is C25H42O2Si. The first-order valence-electron chi connectivity index (χ1n) is 11.1. The molecule has 0 aliphatic carbocycles. The number of hydrogen-bond acceptors (Lipinski definition) is 2. The van der Waals surface area contributed by atoms with Crippen LogP contribution < -0.4 is 0 Å². The van der Waals surface area contributed by atoms with Gasteiger partial charge in [-0.3, -0.25) is 0 Å². The van der Waals surface area contributed by atoms with E-state index in [1.54, 1.807) is 0 Å². The predicted molar refractivity (Wildman–Crippen MR) is 124 cm³/mol. The number of rotatable bonds is 12. The Labute approximate surface area is 176 Å². The average molecular weight is 403 g/mol. The molecule has 0 bridgehead atoms. The highest BCUT2D eigenvalue weighted by Crippen LogP contribution is 2.36. The highest BCUT2D eigenvalue weighted by Gasteiger charge is 2.27. The largest absolute Gasteiger partial charge is 0.413 e. The maximum Gasteiger partial charge on any atom is 0.171 e. The van der Waals surface area contributed by atoms with Crippen LogP contribution in [-0.2, 0) is 15.8 Å². The Kier molecular flexibility index (Phi) is 12.5. The summed E-state index contributed by atoms with van der Waals surface area (Å²) < 4.78 is 12.0. The van der Waals surface area contributed by atoms with E-state index >= 15 is 0 Å². The van der Waals surface area contributed by atoms with Gasteiger partial charge in [0.15, 0.2) is 9.04 Å². The van der Waals surface area contributed by atoms with Gasteiger partial charge in [-0.1, -0.05) is 90.0 Å². The molecule has 0 aliphatic rings. The lowest BCUT2D eigenvalue weighted by molar-refractivity contribution is 0.0865. The third kappa shape index (κ3) is 11.0. The Bertz CT molecular complexity index is 575. The van der Waals surface area contributed by atoms with Crippen LogP contribution in [0.2, 0.25) is 13.1 Å². The van der Waals surface area contributed by atoms with Gasteiger partial charge in [0.25, 0.3) is 0 Å². The zero-order chi connectivity index (χ0) is 20.8. The minimum absolute atomic E-state index is 0.0981. The third-order valence-corrected chi connectivity index (χ3v) is 5.52. The van der Waals surface area contributed by atoms with E-state index in [-0.39, 0.29) is 11.5 Å². The van der Waals surface area contributed by atoms with Crippen LogP contribution in [0.3, 0.4) is 0 Å². The van der Waals surface area contributed by atoms with Crippen molar-refractivity contribution in [2.45, 2.75) is 98.4 Å². The molecule has 158 valence electrons. The lowest BCUT2D eigenvalue weighted by Gasteiger charge is -2.33. The quantitative estimate of drug-likeness (QED) is 0.212. The summed E-state index contributed by atoms with van der Waals surface area (Å²) in [6.45, 7) is 14.6.